The predicted molar refractivity (Wildman–Crippen MR) is 104 cm³/mol. The van der Waals surface area contributed by atoms with E-state index in [1.807, 2.05) is 0 Å². The smallest absolute Gasteiger partial charge is 0.211 e. The van der Waals surface area contributed by atoms with E-state index < -0.39 is 10.0 Å². The van der Waals surface area contributed by atoms with Crippen LogP contribution in [-0.4, -0.2) is 69.7 Å². The quantitative estimate of drug-likeness (QED) is 0.820. The van der Waals surface area contributed by atoms with Gasteiger partial charge < -0.3 is 4.90 Å². The van der Waals surface area contributed by atoms with Gasteiger partial charge in [0.2, 0.25) is 10.0 Å². The monoisotopic (exact) mass is 365 g/mol. The molecule has 2 aliphatic rings. The highest BCUT2D eigenvalue weighted by atomic mass is 32.2. The Morgan fingerprint density at radius 3 is 2.48 bits per heavy atom. The second-order valence-electron chi connectivity index (χ2n) is 7.64. The van der Waals surface area contributed by atoms with Crippen LogP contribution >= 0.6 is 0 Å². The van der Waals surface area contributed by atoms with E-state index in [9.17, 15) is 8.42 Å². The highest BCUT2D eigenvalue weighted by molar-refractivity contribution is 7.88. The van der Waals surface area contributed by atoms with E-state index >= 15 is 0 Å². The molecular formula is C19H31N3O2S. The average molecular weight is 366 g/mol. The number of benzene rings is 1. The minimum absolute atomic E-state index is 0.468. The Bertz CT molecular complexity index is 697. The number of hydrogen-bond donors (Lipinski definition) is 0. The van der Waals surface area contributed by atoms with Crippen LogP contribution in [0.2, 0.25) is 0 Å². The topological polar surface area (TPSA) is 43.9 Å². The SMILES string of the molecule is Cc1cccc(N2CCN(C[C@H]3CCCN(S(C)(=O)=O)C3)CC2)c1C. The highest BCUT2D eigenvalue weighted by Crippen LogP contribution is 2.25. The third-order valence-corrected chi connectivity index (χ3v) is 7.03. The molecule has 0 unspecified atom stereocenters. The summed E-state index contributed by atoms with van der Waals surface area (Å²) in [7, 11) is -3.05. The molecule has 25 heavy (non-hydrogen) atoms. The van der Waals surface area contributed by atoms with E-state index in [1.54, 1.807) is 4.31 Å². The van der Waals surface area contributed by atoms with Crippen molar-refractivity contribution in [2.24, 2.45) is 5.92 Å². The van der Waals surface area contributed by atoms with Crippen molar-refractivity contribution in [3.05, 3.63) is 29.3 Å². The molecule has 3 rings (SSSR count). The molecule has 5 nitrogen and oxygen atoms in total. The van der Waals surface area contributed by atoms with Crippen LogP contribution in [0, 0.1) is 19.8 Å². The second kappa shape index (κ2) is 7.64. The Hall–Kier alpha value is -1.11. The van der Waals surface area contributed by atoms with Crippen molar-refractivity contribution < 1.29 is 8.42 Å². The Kier molecular flexibility index (Phi) is 5.71. The van der Waals surface area contributed by atoms with Crippen molar-refractivity contribution in [1.82, 2.24) is 9.21 Å². The van der Waals surface area contributed by atoms with Gasteiger partial charge in [0.25, 0.3) is 0 Å². The van der Waals surface area contributed by atoms with Gasteiger partial charge in [-0.1, -0.05) is 12.1 Å². The van der Waals surface area contributed by atoms with Gasteiger partial charge in [-0.05, 0) is 49.8 Å². The van der Waals surface area contributed by atoms with Crippen molar-refractivity contribution in [2.45, 2.75) is 26.7 Å². The maximum absolute atomic E-state index is 11.8. The minimum Gasteiger partial charge on any atom is -0.369 e. The zero-order chi connectivity index (χ0) is 18.0. The zero-order valence-electron chi connectivity index (χ0n) is 15.7. The van der Waals surface area contributed by atoms with Gasteiger partial charge >= 0.3 is 0 Å². The van der Waals surface area contributed by atoms with Crippen LogP contribution < -0.4 is 4.90 Å². The molecule has 2 aliphatic heterocycles. The van der Waals surface area contributed by atoms with Gasteiger partial charge in [-0.3, -0.25) is 4.90 Å². The number of rotatable bonds is 4. The van der Waals surface area contributed by atoms with Gasteiger partial charge in [-0.2, -0.15) is 0 Å². The van der Waals surface area contributed by atoms with Crippen LogP contribution in [0.25, 0.3) is 0 Å². The molecule has 0 saturated carbocycles. The molecule has 0 aromatic heterocycles. The van der Waals surface area contributed by atoms with E-state index in [0.717, 1.165) is 45.6 Å². The molecule has 0 aliphatic carbocycles. The summed E-state index contributed by atoms with van der Waals surface area (Å²) < 4.78 is 25.2. The molecule has 0 amide bonds. The van der Waals surface area contributed by atoms with Crippen molar-refractivity contribution in [3.63, 3.8) is 0 Å². The molecule has 140 valence electrons. The third kappa shape index (κ3) is 4.54. The van der Waals surface area contributed by atoms with Crippen molar-refractivity contribution in [3.8, 4) is 0 Å². The molecule has 6 heteroatoms. The Balaban J connectivity index is 1.53. The van der Waals surface area contributed by atoms with Crippen LogP contribution in [0.15, 0.2) is 18.2 Å². The molecule has 1 aromatic rings. The normalized spacial score (nSPS) is 23.8. The molecule has 0 N–H and O–H groups in total. The number of piperidine rings is 1. The Morgan fingerprint density at radius 1 is 1.08 bits per heavy atom. The van der Waals surface area contributed by atoms with Gasteiger partial charge in [-0.25, -0.2) is 12.7 Å². The summed E-state index contributed by atoms with van der Waals surface area (Å²) in [5.41, 5.74) is 4.09. The number of nitrogens with zero attached hydrogens (tertiary/aromatic N) is 3. The largest absolute Gasteiger partial charge is 0.369 e. The summed E-state index contributed by atoms with van der Waals surface area (Å²) in [5.74, 6) is 0.468. The molecule has 0 bridgehead atoms. The number of piperazine rings is 1. The fourth-order valence-corrected chi connectivity index (χ4v) is 5.03. The first-order valence-electron chi connectivity index (χ1n) is 9.33. The highest BCUT2D eigenvalue weighted by Gasteiger charge is 2.28. The molecule has 1 aromatic carbocycles. The van der Waals surface area contributed by atoms with Crippen molar-refractivity contribution in [2.75, 3.05) is 57.0 Å². The Morgan fingerprint density at radius 2 is 1.80 bits per heavy atom. The molecule has 0 radical (unpaired) electrons. The molecule has 2 heterocycles. The predicted octanol–water partition coefficient (Wildman–Crippen LogP) is 2.10. The van der Waals surface area contributed by atoms with Crippen LogP contribution in [0.4, 0.5) is 5.69 Å². The number of sulfonamides is 1. The molecular weight excluding hydrogens is 334 g/mol. The molecule has 0 spiro atoms. The van der Waals surface area contributed by atoms with Gasteiger partial charge in [0.1, 0.15) is 0 Å². The fraction of sp³-hybridized carbons (Fsp3) is 0.684. The molecule has 1 atom stereocenters. The minimum atomic E-state index is -3.05. The first kappa shape index (κ1) is 18.7. The van der Waals surface area contributed by atoms with Crippen LogP contribution in [-0.2, 0) is 10.0 Å². The van der Waals surface area contributed by atoms with E-state index in [2.05, 4.69) is 41.8 Å². The maximum Gasteiger partial charge on any atom is 0.211 e. The number of anilines is 1. The summed E-state index contributed by atoms with van der Waals surface area (Å²) in [6, 6.07) is 6.54. The van der Waals surface area contributed by atoms with Crippen LogP contribution in [0.3, 0.4) is 0 Å². The summed E-state index contributed by atoms with van der Waals surface area (Å²) >= 11 is 0. The van der Waals surface area contributed by atoms with Gasteiger partial charge in [0, 0.05) is 51.5 Å². The first-order chi connectivity index (χ1) is 11.8. The first-order valence-corrected chi connectivity index (χ1v) is 11.2. The zero-order valence-corrected chi connectivity index (χ0v) is 16.6. The second-order valence-corrected chi connectivity index (χ2v) is 9.62. The van der Waals surface area contributed by atoms with Crippen LogP contribution in [0.1, 0.15) is 24.0 Å². The summed E-state index contributed by atoms with van der Waals surface area (Å²) in [5, 5.41) is 0. The summed E-state index contributed by atoms with van der Waals surface area (Å²) in [4.78, 5) is 5.00. The fourth-order valence-electron chi connectivity index (χ4n) is 4.09. The third-order valence-electron chi connectivity index (χ3n) is 5.76. The lowest BCUT2D eigenvalue weighted by Crippen LogP contribution is -2.50. The lowest BCUT2D eigenvalue weighted by molar-refractivity contribution is 0.172. The molecule has 2 fully saturated rings. The van der Waals surface area contributed by atoms with E-state index in [4.69, 9.17) is 0 Å². The lowest BCUT2D eigenvalue weighted by Gasteiger charge is -2.40. The van der Waals surface area contributed by atoms with Gasteiger partial charge in [0.05, 0.1) is 6.26 Å². The summed E-state index contributed by atoms with van der Waals surface area (Å²) in [6.07, 6.45) is 3.46. The van der Waals surface area contributed by atoms with E-state index in [1.165, 1.54) is 23.1 Å². The summed E-state index contributed by atoms with van der Waals surface area (Å²) in [6.45, 7) is 11.0. The van der Waals surface area contributed by atoms with Gasteiger partial charge in [-0.15, -0.1) is 0 Å². The Labute approximate surface area is 152 Å². The molecule has 2 saturated heterocycles. The lowest BCUT2D eigenvalue weighted by atomic mass is 9.98. The van der Waals surface area contributed by atoms with Gasteiger partial charge in [0.15, 0.2) is 0 Å². The average Bonchev–Trinajstić information content (AvgIpc) is 2.58. The number of aryl methyl sites for hydroxylation is 1. The van der Waals surface area contributed by atoms with Crippen LogP contribution in [0.5, 0.6) is 0 Å². The standard InChI is InChI=1S/C19H31N3O2S/c1-16-6-4-8-19(17(16)2)21-12-10-20(11-13-21)14-18-7-5-9-22(15-18)25(3,23)24/h4,6,8,18H,5,7,9-15H2,1-3H3/t18-/m1/s1. The van der Waals surface area contributed by atoms with Crippen molar-refractivity contribution >= 4 is 15.7 Å². The number of hydrogen-bond acceptors (Lipinski definition) is 4. The maximum atomic E-state index is 11.8. The van der Waals surface area contributed by atoms with Crippen molar-refractivity contribution in [1.29, 1.82) is 0 Å². The van der Waals surface area contributed by atoms with E-state index in [-0.39, 0.29) is 0 Å². The van der Waals surface area contributed by atoms with E-state index in [0.29, 0.717) is 19.0 Å².